The second kappa shape index (κ2) is 7.28. The maximum atomic E-state index is 11.0. The Morgan fingerprint density at radius 1 is 1.45 bits per heavy atom. The summed E-state index contributed by atoms with van der Waals surface area (Å²) in [7, 11) is 0. The van der Waals surface area contributed by atoms with Gasteiger partial charge in [-0.15, -0.1) is 5.48 Å². The van der Waals surface area contributed by atoms with Crippen LogP contribution in [0.2, 0.25) is 0 Å². The summed E-state index contributed by atoms with van der Waals surface area (Å²) in [6.45, 7) is 0.160. The summed E-state index contributed by atoms with van der Waals surface area (Å²) in [5.74, 6) is -5.41. The molecule has 0 saturated carbocycles. The van der Waals surface area contributed by atoms with Crippen LogP contribution in [0, 0.1) is 0 Å². The molecule has 22 heavy (non-hydrogen) atoms. The van der Waals surface area contributed by atoms with Crippen molar-refractivity contribution in [2.24, 2.45) is 0 Å². The molecule has 1 rings (SSSR count). The lowest BCUT2D eigenvalue weighted by Gasteiger charge is -2.44. The molecule has 128 valence electrons. The Kier molecular flexibility index (Phi) is 6.19. The zero-order valence-corrected chi connectivity index (χ0v) is 11.6. The monoisotopic (exact) mass is 325 g/mol. The van der Waals surface area contributed by atoms with E-state index in [1.54, 1.807) is 0 Å². The van der Waals surface area contributed by atoms with E-state index in [1.165, 1.54) is 0 Å². The molecule has 1 saturated heterocycles. The Balaban J connectivity index is 3.02. The van der Waals surface area contributed by atoms with Crippen molar-refractivity contribution in [1.82, 2.24) is 5.48 Å². The predicted molar refractivity (Wildman–Crippen MR) is 65.9 cm³/mol. The quantitative estimate of drug-likeness (QED) is 0.236. The maximum Gasteiger partial charge on any atom is 0.364 e. The molecule has 1 unspecified atom stereocenters. The molecular formula is C11H19NO10. The molecule has 0 bridgehead atoms. The van der Waals surface area contributed by atoms with Crippen LogP contribution in [0.1, 0.15) is 13.3 Å². The van der Waals surface area contributed by atoms with Gasteiger partial charge in [0.1, 0.15) is 18.3 Å². The SMILES string of the molecule is CC(=O)ON[C@H]1[C@H]([C@H](O)[C@H](O)CO)OC(O)(C(=O)O)C[C@@H]1O. The number of rotatable bonds is 6. The van der Waals surface area contributed by atoms with Crippen LogP contribution in [-0.4, -0.2) is 85.4 Å². The molecule has 0 aromatic carbocycles. The lowest BCUT2D eigenvalue weighted by atomic mass is 9.89. The van der Waals surface area contributed by atoms with Crippen molar-refractivity contribution in [2.45, 2.75) is 49.6 Å². The van der Waals surface area contributed by atoms with Crippen LogP contribution in [0.5, 0.6) is 0 Å². The Morgan fingerprint density at radius 2 is 2.05 bits per heavy atom. The second-order valence-electron chi connectivity index (χ2n) is 4.92. The van der Waals surface area contributed by atoms with Crippen LogP contribution in [0.25, 0.3) is 0 Å². The summed E-state index contributed by atoms with van der Waals surface area (Å²) < 4.78 is 4.86. The highest BCUT2D eigenvalue weighted by atomic mass is 16.7. The van der Waals surface area contributed by atoms with Crippen molar-refractivity contribution in [1.29, 1.82) is 0 Å². The first kappa shape index (κ1) is 18.7. The van der Waals surface area contributed by atoms with Crippen molar-refractivity contribution < 1.29 is 49.8 Å². The van der Waals surface area contributed by atoms with Crippen LogP contribution >= 0.6 is 0 Å². The molecule has 11 heteroatoms. The first-order valence-electron chi connectivity index (χ1n) is 6.34. The third-order valence-corrected chi connectivity index (χ3v) is 3.18. The van der Waals surface area contributed by atoms with Gasteiger partial charge in [0, 0.05) is 13.3 Å². The van der Waals surface area contributed by atoms with Gasteiger partial charge in [0.15, 0.2) is 0 Å². The number of ether oxygens (including phenoxy) is 1. The van der Waals surface area contributed by atoms with Gasteiger partial charge in [0.2, 0.25) is 0 Å². The van der Waals surface area contributed by atoms with E-state index >= 15 is 0 Å². The summed E-state index contributed by atoms with van der Waals surface area (Å²) in [5, 5.41) is 56.8. The number of aliphatic hydroxyl groups excluding tert-OH is 4. The number of nitrogens with one attached hydrogen (secondary N) is 1. The average molecular weight is 325 g/mol. The van der Waals surface area contributed by atoms with Crippen LogP contribution < -0.4 is 5.48 Å². The van der Waals surface area contributed by atoms with E-state index in [4.69, 9.17) is 14.9 Å². The third-order valence-electron chi connectivity index (χ3n) is 3.18. The fourth-order valence-corrected chi connectivity index (χ4v) is 2.02. The van der Waals surface area contributed by atoms with E-state index in [-0.39, 0.29) is 0 Å². The van der Waals surface area contributed by atoms with Crippen LogP contribution in [0.15, 0.2) is 0 Å². The normalized spacial score (nSPS) is 34.7. The highest BCUT2D eigenvalue weighted by Gasteiger charge is 2.54. The van der Waals surface area contributed by atoms with Gasteiger partial charge in [-0.1, -0.05) is 0 Å². The molecule has 0 aromatic rings. The van der Waals surface area contributed by atoms with Gasteiger partial charge in [0.25, 0.3) is 5.79 Å². The van der Waals surface area contributed by atoms with Crippen molar-refractivity contribution >= 4 is 11.9 Å². The summed E-state index contributed by atoms with van der Waals surface area (Å²) in [6.07, 6.45) is -7.68. The first-order chi connectivity index (χ1) is 10.1. The Labute approximate surface area is 124 Å². The molecule has 0 aliphatic carbocycles. The number of carboxylic acid groups (broad SMARTS) is 1. The first-order valence-corrected chi connectivity index (χ1v) is 6.34. The molecular weight excluding hydrogens is 306 g/mol. The minimum absolute atomic E-state index is 0.778. The standard InChI is InChI=1S/C11H19NO10/c1-4(14)22-12-7-5(15)2-11(20,10(18)19)21-9(7)8(17)6(16)3-13/h5-9,12-13,15-17,20H,2-3H2,1H3,(H,18,19)/t5-,6+,7+,8+,9+,11?/m0/s1. The van der Waals surface area contributed by atoms with Crippen molar-refractivity contribution in [3.8, 4) is 0 Å². The van der Waals surface area contributed by atoms with E-state index in [2.05, 4.69) is 10.3 Å². The number of hydrogen-bond donors (Lipinski definition) is 7. The van der Waals surface area contributed by atoms with Gasteiger partial charge in [-0.25, -0.2) is 4.79 Å². The number of hydroxylamine groups is 1. The Morgan fingerprint density at radius 3 is 2.50 bits per heavy atom. The van der Waals surface area contributed by atoms with Crippen molar-refractivity contribution in [2.75, 3.05) is 6.61 Å². The van der Waals surface area contributed by atoms with E-state index < -0.39 is 61.2 Å². The number of aliphatic hydroxyl groups is 5. The smallest absolute Gasteiger partial charge is 0.364 e. The molecule has 0 spiro atoms. The van der Waals surface area contributed by atoms with Crippen LogP contribution in [-0.2, 0) is 19.2 Å². The molecule has 7 N–H and O–H groups in total. The average Bonchev–Trinajstić information content (AvgIpc) is 2.43. The van der Waals surface area contributed by atoms with Crippen LogP contribution in [0.3, 0.4) is 0 Å². The third kappa shape index (κ3) is 4.10. The van der Waals surface area contributed by atoms with Crippen LogP contribution in [0.4, 0.5) is 0 Å². The zero-order chi connectivity index (χ0) is 17.1. The molecule has 1 aliphatic rings. The van der Waals surface area contributed by atoms with Gasteiger partial charge in [-0.3, -0.25) is 4.79 Å². The number of carbonyl (C=O) groups excluding carboxylic acids is 1. The van der Waals surface area contributed by atoms with Crippen molar-refractivity contribution in [3.05, 3.63) is 0 Å². The number of carbonyl (C=O) groups is 2. The van der Waals surface area contributed by atoms with Gasteiger partial charge >= 0.3 is 11.9 Å². The van der Waals surface area contributed by atoms with Gasteiger partial charge in [-0.2, -0.15) is 0 Å². The summed E-state index contributed by atoms with van der Waals surface area (Å²) >= 11 is 0. The number of carboxylic acids is 1. The zero-order valence-electron chi connectivity index (χ0n) is 11.6. The summed E-state index contributed by atoms with van der Waals surface area (Å²) in [4.78, 5) is 26.3. The molecule has 6 atom stereocenters. The molecule has 0 radical (unpaired) electrons. The van der Waals surface area contributed by atoms with E-state index in [9.17, 15) is 30.0 Å². The van der Waals surface area contributed by atoms with Crippen molar-refractivity contribution in [3.63, 3.8) is 0 Å². The minimum atomic E-state index is -2.81. The Bertz CT molecular complexity index is 418. The largest absolute Gasteiger partial charge is 0.477 e. The molecule has 0 aromatic heterocycles. The molecule has 11 nitrogen and oxygen atoms in total. The molecule has 1 heterocycles. The number of hydrogen-bond acceptors (Lipinski definition) is 10. The molecule has 0 amide bonds. The van der Waals surface area contributed by atoms with Gasteiger partial charge in [0.05, 0.1) is 18.8 Å². The number of aliphatic carboxylic acids is 1. The summed E-state index contributed by atoms with van der Waals surface area (Å²) in [5.41, 5.74) is 2.08. The fourth-order valence-electron chi connectivity index (χ4n) is 2.02. The minimum Gasteiger partial charge on any atom is -0.477 e. The lowest BCUT2D eigenvalue weighted by Crippen LogP contribution is -2.66. The highest BCUT2D eigenvalue weighted by molar-refractivity contribution is 5.75. The van der Waals surface area contributed by atoms with Gasteiger partial charge < -0.3 is 40.2 Å². The van der Waals surface area contributed by atoms with Gasteiger partial charge in [-0.05, 0) is 0 Å². The maximum absolute atomic E-state index is 11.0. The summed E-state index contributed by atoms with van der Waals surface area (Å²) in [6, 6.07) is -1.35. The highest BCUT2D eigenvalue weighted by Crippen LogP contribution is 2.30. The lowest BCUT2D eigenvalue weighted by molar-refractivity contribution is -0.301. The molecule has 1 aliphatic heterocycles. The van der Waals surface area contributed by atoms with E-state index in [0.717, 1.165) is 6.92 Å². The fraction of sp³-hybridized carbons (Fsp3) is 0.818. The van der Waals surface area contributed by atoms with E-state index in [1.807, 2.05) is 0 Å². The molecule has 1 fully saturated rings. The van der Waals surface area contributed by atoms with E-state index in [0.29, 0.717) is 0 Å². The topological polar surface area (TPSA) is 186 Å². The second-order valence-corrected chi connectivity index (χ2v) is 4.92. The Hall–Kier alpha value is -1.34. The predicted octanol–water partition coefficient (Wildman–Crippen LogP) is -3.94.